The summed E-state index contributed by atoms with van der Waals surface area (Å²) in [6, 6.07) is 14.0. The van der Waals surface area contributed by atoms with E-state index in [9.17, 15) is 14.4 Å². The van der Waals surface area contributed by atoms with Gasteiger partial charge in [0.05, 0.1) is 17.7 Å². The second-order valence-electron chi connectivity index (χ2n) is 17.0. The van der Waals surface area contributed by atoms with E-state index in [4.69, 9.17) is 9.47 Å². The zero-order chi connectivity index (χ0) is 35.8. The Balaban J connectivity index is 1.55. The summed E-state index contributed by atoms with van der Waals surface area (Å²) in [5, 5.41) is 0. The topological polar surface area (TPSA) is 76.2 Å². The molecular formula is C40H58N2O5. The van der Waals surface area contributed by atoms with Gasteiger partial charge in [-0.2, -0.15) is 0 Å². The fourth-order valence-corrected chi connectivity index (χ4v) is 7.53. The molecule has 1 atom stereocenters. The quantitative estimate of drug-likeness (QED) is 0.259. The third-order valence-electron chi connectivity index (χ3n) is 13.4. The molecule has 7 heteroatoms. The maximum Gasteiger partial charge on any atom is 0.255 e. The van der Waals surface area contributed by atoms with Gasteiger partial charge in [0.25, 0.3) is 5.91 Å². The third-order valence-corrected chi connectivity index (χ3v) is 13.4. The Labute approximate surface area is 283 Å². The number of ketones is 2. The molecule has 0 aromatic heterocycles. The zero-order valence-corrected chi connectivity index (χ0v) is 31.6. The van der Waals surface area contributed by atoms with Gasteiger partial charge in [0.1, 0.15) is 23.7 Å². The van der Waals surface area contributed by atoms with E-state index in [2.05, 4.69) is 84.6 Å². The van der Waals surface area contributed by atoms with E-state index in [0.717, 1.165) is 17.7 Å². The van der Waals surface area contributed by atoms with Gasteiger partial charge in [-0.05, 0) is 99.4 Å². The Kier molecular flexibility index (Phi) is 9.04. The van der Waals surface area contributed by atoms with Crippen LogP contribution in [0.15, 0.2) is 42.5 Å². The Morgan fingerprint density at radius 1 is 0.787 bits per heavy atom. The second kappa shape index (κ2) is 11.5. The minimum absolute atomic E-state index is 0.0285. The highest BCUT2D eigenvalue weighted by Crippen LogP contribution is 2.53. The van der Waals surface area contributed by atoms with E-state index in [1.807, 2.05) is 39.8 Å². The second-order valence-corrected chi connectivity index (χ2v) is 17.0. The lowest BCUT2D eigenvalue weighted by molar-refractivity contribution is -0.294. The van der Waals surface area contributed by atoms with Gasteiger partial charge in [-0.1, -0.05) is 58.0 Å². The van der Waals surface area contributed by atoms with Crippen LogP contribution in [-0.4, -0.2) is 55.1 Å². The Bertz CT molecular complexity index is 1540. The van der Waals surface area contributed by atoms with Crippen molar-refractivity contribution in [3.8, 4) is 5.75 Å². The first-order valence-corrected chi connectivity index (χ1v) is 16.9. The minimum Gasteiger partial charge on any atom is -0.489 e. The van der Waals surface area contributed by atoms with Crippen molar-refractivity contribution >= 4 is 17.5 Å². The molecule has 0 bridgehead atoms. The number of rotatable bonds is 10. The molecule has 1 unspecified atom stereocenters. The van der Waals surface area contributed by atoms with E-state index in [-0.39, 0.29) is 46.3 Å². The summed E-state index contributed by atoms with van der Waals surface area (Å²) in [7, 11) is 0. The molecule has 0 spiro atoms. The number of carbonyl (C=O) groups is 3. The average Bonchev–Trinajstić information content (AvgIpc) is 3.30. The van der Waals surface area contributed by atoms with Crippen LogP contribution in [0.5, 0.6) is 5.75 Å². The van der Waals surface area contributed by atoms with Gasteiger partial charge in [-0.15, -0.1) is 0 Å². The molecule has 0 N–H and O–H groups in total. The summed E-state index contributed by atoms with van der Waals surface area (Å²) in [5.74, 6) is 0.217. The first kappa shape index (κ1) is 36.8. The number of hydrogen-bond acceptors (Lipinski definition) is 6. The third kappa shape index (κ3) is 5.55. The van der Waals surface area contributed by atoms with Crippen LogP contribution in [0.4, 0.5) is 0 Å². The van der Waals surface area contributed by atoms with Gasteiger partial charge in [0.15, 0.2) is 5.78 Å². The molecule has 47 heavy (non-hydrogen) atoms. The van der Waals surface area contributed by atoms with E-state index < -0.39 is 16.4 Å². The fraction of sp³-hybridized carbons (Fsp3) is 0.625. The maximum absolute atomic E-state index is 13.9. The van der Waals surface area contributed by atoms with Crippen LogP contribution >= 0.6 is 0 Å². The Hall–Kier alpha value is -3.03. The van der Waals surface area contributed by atoms with Crippen molar-refractivity contribution in [2.75, 3.05) is 0 Å². The standard InChI is InChI=1S/C40H58N2O5/c1-26(43)34(3,4)35(5,6)40(15,27(2)44)41-24-31-30(33(41)45)17-16-18-32(31)46-25-29-21-19-28(20-22-29)23-42-36(7,8)38(11,12)47-39(13,14)37(42,9)10/h16-22H,23-25H2,1-15H3. The predicted molar refractivity (Wildman–Crippen MR) is 187 cm³/mol. The number of carbonyl (C=O) groups excluding carboxylic acids is 3. The molecule has 2 aromatic carbocycles. The number of ether oxygens (including phenoxy) is 2. The molecule has 2 aliphatic rings. The van der Waals surface area contributed by atoms with Gasteiger partial charge in [-0.25, -0.2) is 0 Å². The van der Waals surface area contributed by atoms with Crippen LogP contribution in [0.25, 0.3) is 0 Å². The van der Waals surface area contributed by atoms with Crippen molar-refractivity contribution in [2.45, 2.75) is 151 Å². The highest BCUT2D eigenvalue weighted by atomic mass is 16.5. The van der Waals surface area contributed by atoms with E-state index in [0.29, 0.717) is 17.9 Å². The highest BCUT2D eigenvalue weighted by molar-refractivity contribution is 6.03. The molecule has 0 radical (unpaired) electrons. The number of fused-ring (bicyclic) bond motifs is 1. The van der Waals surface area contributed by atoms with Crippen LogP contribution in [-0.2, 0) is 34.0 Å². The predicted octanol–water partition coefficient (Wildman–Crippen LogP) is 8.16. The molecule has 0 aliphatic carbocycles. The van der Waals surface area contributed by atoms with Crippen LogP contribution in [0, 0.1) is 10.8 Å². The van der Waals surface area contributed by atoms with Crippen LogP contribution in [0.3, 0.4) is 0 Å². The number of benzene rings is 2. The largest absolute Gasteiger partial charge is 0.489 e. The average molecular weight is 647 g/mol. The highest BCUT2D eigenvalue weighted by Gasteiger charge is 2.61. The van der Waals surface area contributed by atoms with E-state index in [1.165, 1.54) is 12.5 Å². The molecule has 2 heterocycles. The number of nitrogens with zero attached hydrogens (tertiary/aromatic N) is 2. The summed E-state index contributed by atoms with van der Waals surface area (Å²) in [5.41, 5.74) is -0.491. The number of amides is 1. The summed E-state index contributed by atoms with van der Waals surface area (Å²) >= 11 is 0. The molecule has 2 aliphatic heterocycles. The van der Waals surface area contributed by atoms with Gasteiger partial charge in [-0.3, -0.25) is 19.3 Å². The van der Waals surface area contributed by atoms with Gasteiger partial charge >= 0.3 is 0 Å². The Morgan fingerprint density at radius 2 is 1.30 bits per heavy atom. The lowest BCUT2D eigenvalue weighted by Crippen LogP contribution is -2.77. The maximum atomic E-state index is 13.9. The van der Waals surface area contributed by atoms with Crippen LogP contribution < -0.4 is 4.74 Å². The number of morpholine rings is 1. The minimum atomic E-state index is -1.22. The van der Waals surface area contributed by atoms with Crippen molar-refractivity contribution in [1.82, 2.24) is 9.80 Å². The van der Waals surface area contributed by atoms with Gasteiger partial charge in [0, 0.05) is 39.6 Å². The van der Waals surface area contributed by atoms with Crippen LogP contribution in [0.1, 0.15) is 131 Å². The lowest BCUT2D eigenvalue weighted by Gasteiger charge is -2.66. The molecule has 7 nitrogen and oxygen atoms in total. The molecule has 258 valence electrons. The number of Topliss-reactive ketones (excluding diaryl/α,β-unsaturated/α-hetero) is 2. The van der Waals surface area contributed by atoms with Crippen molar-refractivity contribution in [3.05, 3.63) is 64.7 Å². The monoisotopic (exact) mass is 646 g/mol. The van der Waals surface area contributed by atoms with Crippen molar-refractivity contribution in [2.24, 2.45) is 10.8 Å². The van der Waals surface area contributed by atoms with Gasteiger partial charge in [0.2, 0.25) is 0 Å². The SMILES string of the molecule is CC(=O)C(C)(C)C(C)(C)C(C)(C(C)=O)N1Cc2c(OCc3ccc(CN4C(C)(C)C(C)(C)OC(C)(C)C4(C)C)cc3)cccc2C1=O. The van der Waals surface area contributed by atoms with Crippen LogP contribution in [0.2, 0.25) is 0 Å². The normalized spacial score (nSPS) is 21.6. The smallest absolute Gasteiger partial charge is 0.255 e. The summed E-state index contributed by atoms with van der Waals surface area (Å²) in [4.78, 5) is 44.3. The first-order chi connectivity index (χ1) is 21.3. The zero-order valence-electron chi connectivity index (χ0n) is 31.6. The summed E-state index contributed by atoms with van der Waals surface area (Å²) in [6.45, 7) is 31.5. The van der Waals surface area contributed by atoms with Gasteiger partial charge < -0.3 is 14.4 Å². The van der Waals surface area contributed by atoms with E-state index >= 15 is 0 Å². The molecule has 1 saturated heterocycles. The molecule has 2 aromatic rings. The number of hydrogen-bond donors (Lipinski definition) is 0. The lowest BCUT2D eigenvalue weighted by atomic mass is 9.55. The first-order valence-electron chi connectivity index (χ1n) is 16.9. The molecule has 0 saturated carbocycles. The molecule has 4 rings (SSSR count). The molecule has 1 fully saturated rings. The van der Waals surface area contributed by atoms with Crippen molar-refractivity contribution in [3.63, 3.8) is 0 Å². The fourth-order valence-electron chi connectivity index (χ4n) is 7.53. The summed E-state index contributed by atoms with van der Waals surface area (Å²) < 4.78 is 13.0. The Morgan fingerprint density at radius 3 is 1.79 bits per heavy atom. The van der Waals surface area contributed by atoms with E-state index in [1.54, 1.807) is 24.8 Å². The molecular weight excluding hydrogens is 588 g/mol. The van der Waals surface area contributed by atoms with Crippen molar-refractivity contribution in [1.29, 1.82) is 0 Å². The molecule has 1 amide bonds. The summed E-state index contributed by atoms with van der Waals surface area (Å²) in [6.07, 6.45) is 0. The van der Waals surface area contributed by atoms with Crippen molar-refractivity contribution < 1.29 is 23.9 Å².